The summed E-state index contributed by atoms with van der Waals surface area (Å²) in [4.78, 5) is 0. The van der Waals surface area contributed by atoms with Crippen LogP contribution in [0.15, 0.2) is 12.5 Å². The fraction of sp³-hybridized carbons (Fsp3) is 0.545. The first-order chi connectivity index (χ1) is 7.41. The fourth-order valence-corrected chi connectivity index (χ4v) is 1.63. The predicted molar refractivity (Wildman–Crippen MR) is 62.0 cm³/mol. The van der Waals surface area contributed by atoms with Gasteiger partial charge in [-0.25, -0.2) is 0 Å². The van der Waals surface area contributed by atoms with Crippen molar-refractivity contribution >= 4 is 0 Å². The first-order valence-electron chi connectivity index (χ1n) is 5.30. The predicted octanol–water partition coefficient (Wildman–Crippen LogP) is 1.74. The van der Waals surface area contributed by atoms with Gasteiger partial charge in [0.15, 0.2) is 5.82 Å². The van der Waals surface area contributed by atoms with Crippen LogP contribution >= 0.6 is 0 Å². The van der Waals surface area contributed by atoms with E-state index in [9.17, 15) is 0 Å². The maximum Gasteiger partial charge on any atom is 0.167 e. The summed E-state index contributed by atoms with van der Waals surface area (Å²) in [6, 6.07) is 0. The van der Waals surface area contributed by atoms with Crippen molar-refractivity contribution in [1.82, 2.24) is 24.5 Å². The summed E-state index contributed by atoms with van der Waals surface area (Å²) in [5.41, 5.74) is 2.11. The Bertz CT molecular complexity index is 501. The number of hydrogen-bond acceptors (Lipinski definition) is 3. The Morgan fingerprint density at radius 1 is 1.25 bits per heavy atom. The Morgan fingerprint density at radius 2 is 1.94 bits per heavy atom. The summed E-state index contributed by atoms with van der Waals surface area (Å²) >= 11 is 0. The van der Waals surface area contributed by atoms with Crippen molar-refractivity contribution in [3.05, 3.63) is 18.2 Å². The maximum absolute atomic E-state index is 4.23. The van der Waals surface area contributed by atoms with E-state index in [1.807, 2.05) is 24.9 Å². The van der Waals surface area contributed by atoms with E-state index in [-0.39, 0.29) is 5.54 Å². The minimum absolute atomic E-state index is 0.0267. The molecular formula is C11H17N5. The van der Waals surface area contributed by atoms with Gasteiger partial charge in [-0.3, -0.25) is 4.68 Å². The lowest BCUT2D eigenvalue weighted by Gasteiger charge is -2.22. The van der Waals surface area contributed by atoms with Crippen molar-refractivity contribution < 1.29 is 0 Å². The zero-order chi connectivity index (χ0) is 11.9. The third-order valence-electron chi connectivity index (χ3n) is 2.75. The molecule has 2 aromatic rings. The quantitative estimate of drug-likeness (QED) is 0.734. The van der Waals surface area contributed by atoms with Crippen molar-refractivity contribution in [2.45, 2.75) is 33.2 Å². The molecule has 0 spiro atoms. The summed E-state index contributed by atoms with van der Waals surface area (Å²) < 4.78 is 3.91. The number of rotatable bonds is 1. The lowest BCUT2D eigenvalue weighted by Crippen LogP contribution is -2.22. The Morgan fingerprint density at radius 3 is 2.44 bits per heavy atom. The monoisotopic (exact) mass is 219 g/mol. The van der Waals surface area contributed by atoms with Crippen LogP contribution < -0.4 is 0 Å². The highest BCUT2D eigenvalue weighted by molar-refractivity contribution is 5.57. The molecule has 0 amide bonds. The van der Waals surface area contributed by atoms with Gasteiger partial charge in [0.1, 0.15) is 6.33 Å². The molecule has 0 saturated heterocycles. The van der Waals surface area contributed by atoms with Crippen LogP contribution in [0.25, 0.3) is 11.4 Å². The molecular weight excluding hydrogens is 202 g/mol. The highest BCUT2D eigenvalue weighted by Gasteiger charge is 2.20. The third-order valence-corrected chi connectivity index (χ3v) is 2.75. The molecule has 0 aliphatic heterocycles. The van der Waals surface area contributed by atoms with Crippen molar-refractivity contribution in [1.29, 1.82) is 0 Å². The molecule has 0 aliphatic rings. The molecule has 5 nitrogen and oxygen atoms in total. The van der Waals surface area contributed by atoms with Gasteiger partial charge in [0.2, 0.25) is 0 Å². The van der Waals surface area contributed by atoms with Crippen LogP contribution in [0.3, 0.4) is 0 Å². The summed E-state index contributed by atoms with van der Waals surface area (Å²) in [6.07, 6.45) is 3.60. The van der Waals surface area contributed by atoms with Crippen molar-refractivity contribution in [3.63, 3.8) is 0 Å². The lowest BCUT2D eigenvalue weighted by molar-refractivity contribution is 0.399. The van der Waals surface area contributed by atoms with Gasteiger partial charge in [0.25, 0.3) is 0 Å². The van der Waals surface area contributed by atoms with E-state index < -0.39 is 0 Å². The number of nitrogens with zero attached hydrogens (tertiary/aromatic N) is 5. The normalized spacial score (nSPS) is 12.1. The molecule has 16 heavy (non-hydrogen) atoms. The Kier molecular flexibility index (Phi) is 2.33. The smallest absolute Gasteiger partial charge is 0.167 e. The van der Waals surface area contributed by atoms with Crippen LogP contribution in [0.4, 0.5) is 0 Å². The Balaban J connectivity index is 2.58. The van der Waals surface area contributed by atoms with Gasteiger partial charge in [-0.1, -0.05) is 0 Å². The molecule has 0 aromatic carbocycles. The van der Waals surface area contributed by atoms with Crippen molar-refractivity contribution in [2.75, 3.05) is 0 Å². The standard InChI is InChI=1S/C11H17N5/c1-8-9(6-13-15(8)5)10-14-12-7-16(10)11(2,3)4/h6-7H,1-5H3. The van der Waals surface area contributed by atoms with Gasteiger partial charge >= 0.3 is 0 Å². The summed E-state index contributed by atoms with van der Waals surface area (Å²) in [6.45, 7) is 8.42. The maximum atomic E-state index is 4.23. The number of aryl methyl sites for hydroxylation is 1. The van der Waals surface area contributed by atoms with E-state index in [1.54, 1.807) is 6.33 Å². The summed E-state index contributed by atoms with van der Waals surface area (Å²) in [5, 5.41) is 12.4. The molecule has 0 unspecified atom stereocenters. The van der Waals surface area contributed by atoms with Crippen LogP contribution in [-0.4, -0.2) is 24.5 Å². The Labute approximate surface area is 95.1 Å². The van der Waals surface area contributed by atoms with E-state index >= 15 is 0 Å². The SMILES string of the molecule is Cc1c(-c2nncn2C(C)(C)C)cnn1C. The number of hydrogen-bond donors (Lipinski definition) is 0. The molecule has 2 rings (SSSR count). The van der Waals surface area contributed by atoms with E-state index in [1.165, 1.54) is 0 Å². The molecule has 0 aliphatic carbocycles. The molecule has 2 aromatic heterocycles. The molecule has 0 N–H and O–H groups in total. The molecule has 5 heteroatoms. The summed E-state index contributed by atoms with van der Waals surface area (Å²) in [7, 11) is 1.93. The zero-order valence-corrected chi connectivity index (χ0v) is 10.4. The van der Waals surface area contributed by atoms with Gasteiger partial charge in [-0.2, -0.15) is 5.10 Å². The molecule has 0 bridgehead atoms. The molecule has 0 saturated carbocycles. The molecule has 86 valence electrons. The van der Waals surface area contributed by atoms with Crippen LogP contribution in [0.1, 0.15) is 26.5 Å². The fourth-order valence-electron chi connectivity index (χ4n) is 1.63. The van der Waals surface area contributed by atoms with Gasteiger partial charge in [0.05, 0.1) is 11.8 Å². The van der Waals surface area contributed by atoms with Gasteiger partial charge in [-0.05, 0) is 27.7 Å². The lowest BCUT2D eigenvalue weighted by atomic mass is 10.1. The number of aromatic nitrogens is 5. The van der Waals surface area contributed by atoms with Gasteiger partial charge in [0, 0.05) is 18.3 Å². The van der Waals surface area contributed by atoms with E-state index in [0.29, 0.717) is 0 Å². The minimum atomic E-state index is -0.0267. The minimum Gasteiger partial charge on any atom is -0.308 e. The molecule has 0 atom stereocenters. The van der Waals surface area contributed by atoms with Crippen LogP contribution in [0, 0.1) is 6.92 Å². The van der Waals surface area contributed by atoms with Crippen molar-refractivity contribution in [2.24, 2.45) is 7.05 Å². The van der Waals surface area contributed by atoms with E-state index in [4.69, 9.17) is 0 Å². The van der Waals surface area contributed by atoms with Gasteiger partial charge < -0.3 is 4.57 Å². The second-order valence-electron chi connectivity index (χ2n) is 4.96. The van der Waals surface area contributed by atoms with E-state index in [0.717, 1.165) is 17.1 Å². The van der Waals surface area contributed by atoms with E-state index in [2.05, 4.69) is 40.6 Å². The molecule has 0 fully saturated rings. The third kappa shape index (κ3) is 1.62. The Hall–Kier alpha value is -1.65. The first kappa shape index (κ1) is 10.9. The highest BCUT2D eigenvalue weighted by Crippen LogP contribution is 2.25. The average molecular weight is 219 g/mol. The van der Waals surface area contributed by atoms with Gasteiger partial charge in [-0.15, -0.1) is 10.2 Å². The van der Waals surface area contributed by atoms with Crippen molar-refractivity contribution in [3.8, 4) is 11.4 Å². The second kappa shape index (κ2) is 3.43. The molecule has 2 heterocycles. The first-order valence-corrected chi connectivity index (χ1v) is 5.30. The average Bonchev–Trinajstić information content (AvgIpc) is 2.74. The second-order valence-corrected chi connectivity index (χ2v) is 4.96. The largest absolute Gasteiger partial charge is 0.308 e. The topological polar surface area (TPSA) is 48.5 Å². The van der Waals surface area contributed by atoms with Crippen LogP contribution in [-0.2, 0) is 12.6 Å². The van der Waals surface area contributed by atoms with Crippen LogP contribution in [0.2, 0.25) is 0 Å². The van der Waals surface area contributed by atoms with Crippen LogP contribution in [0.5, 0.6) is 0 Å². The zero-order valence-electron chi connectivity index (χ0n) is 10.4. The highest BCUT2D eigenvalue weighted by atomic mass is 15.3. The summed E-state index contributed by atoms with van der Waals surface area (Å²) in [5.74, 6) is 0.873. The molecule has 0 radical (unpaired) electrons.